The SMILES string of the molecule is O=C(COC(=O)CCN1C(=O)NC2(CCCC2)C1=O)NC1CCCC1. The number of nitrogens with one attached hydrogen (secondary N) is 2. The lowest BCUT2D eigenvalue weighted by Gasteiger charge is -2.19. The Balaban J connectivity index is 1.39. The van der Waals surface area contributed by atoms with E-state index < -0.39 is 17.5 Å². The molecular formula is C17H25N3O5. The number of carbonyl (C=O) groups excluding carboxylic acids is 4. The molecule has 3 fully saturated rings. The first-order valence-corrected chi connectivity index (χ1v) is 9.09. The van der Waals surface area contributed by atoms with Crippen LogP contribution >= 0.6 is 0 Å². The van der Waals surface area contributed by atoms with Crippen LogP contribution in [-0.4, -0.2) is 53.4 Å². The minimum absolute atomic E-state index is 0.0184. The molecule has 1 spiro atoms. The van der Waals surface area contributed by atoms with Crippen molar-refractivity contribution in [2.75, 3.05) is 13.2 Å². The Bertz CT molecular complexity index is 565. The predicted octanol–water partition coefficient (Wildman–Crippen LogP) is 0.843. The highest BCUT2D eigenvalue weighted by atomic mass is 16.5. The second-order valence-electron chi connectivity index (χ2n) is 7.14. The third-order valence-corrected chi connectivity index (χ3v) is 5.33. The second-order valence-corrected chi connectivity index (χ2v) is 7.14. The van der Waals surface area contributed by atoms with Gasteiger partial charge >= 0.3 is 12.0 Å². The van der Waals surface area contributed by atoms with Crippen LogP contribution in [0.4, 0.5) is 4.79 Å². The second kappa shape index (κ2) is 7.41. The van der Waals surface area contributed by atoms with Crippen molar-refractivity contribution in [2.45, 2.75) is 69.4 Å². The molecule has 0 radical (unpaired) electrons. The molecule has 0 bridgehead atoms. The highest BCUT2D eigenvalue weighted by Gasteiger charge is 2.52. The molecule has 1 heterocycles. The summed E-state index contributed by atoms with van der Waals surface area (Å²) in [7, 11) is 0. The zero-order valence-electron chi connectivity index (χ0n) is 14.3. The summed E-state index contributed by atoms with van der Waals surface area (Å²) in [6, 6.07) is -0.265. The number of ether oxygens (including phenoxy) is 1. The molecule has 8 nitrogen and oxygen atoms in total. The van der Waals surface area contributed by atoms with Crippen molar-refractivity contribution in [1.82, 2.24) is 15.5 Å². The number of nitrogens with zero attached hydrogens (tertiary/aromatic N) is 1. The molecule has 0 unspecified atom stereocenters. The van der Waals surface area contributed by atoms with Crippen LogP contribution in [0, 0.1) is 0 Å². The fourth-order valence-corrected chi connectivity index (χ4v) is 3.96. The van der Waals surface area contributed by atoms with Crippen molar-refractivity contribution in [3.63, 3.8) is 0 Å². The molecule has 0 atom stereocenters. The molecule has 4 amide bonds. The summed E-state index contributed by atoms with van der Waals surface area (Å²) in [6.07, 6.45) is 7.18. The fraction of sp³-hybridized carbons (Fsp3) is 0.765. The van der Waals surface area contributed by atoms with Crippen LogP contribution in [0.15, 0.2) is 0 Å². The molecule has 1 aliphatic heterocycles. The summed E-state index contributed by atoms with van der Waals surface area (Å²) in [6.45, 7) is -0.338. The fourth-order valence-electron chi connectivity index (χ4n) is 3.96. The maximum atomic E-state index is 12.4. The third-order valence-electron chi connectivity index (χ3n) is 5.33. The van der Waals surface area contributed by atoms with Gasteiger partial charge in [0.1, 0.15) is 5.54 Å². The van der Waals surface area contributed by atoms with Crippen molar-refractivity contribution in [1.29, 1.82) is 0 Å². The largest absolute Gasteiger partial charge is 0.456 e. The van der Waals surface area contributed by atoms with Gasteiger partial charge in [-0.2, -0.15) is 0 Å². The van der Waals surface area contributed by atoms with E-state index in [0.717, 1.165) is 43.4 Å². The lowest BCUT2D eigenvalue weighted by molar-refractivity contribution is -0.149. The molecule has 1 saturated heterocycles. The summed E-state index contributed by atoms with van der Waals surface area (Å²) in [4.78, 5) is 49.0. The first-order valence-electron chi connectivity index (χ1n) is 9.09. The van der Waals surface area contributed by atoms with Gasteiger partial charge in [-0.05, 0) is 25.7 Å². The van der Waals surface area contributed by atoms with E-state index in [-0.39, 0.29) is 37.4 Å². The van der Waals surface area contributed by atoms with Crippen molar-refractivity contribution in [2.24, 2.45) is 0 Å². The van der Waals surface area contributed by atoms with Crippen LogP contribution < -0.4 is 10.6 Å². The van der Waals surface area contributed by atoms with Gasteiger partial charge in [0.25, 0.3) is 11.8 Å². The number of carbonyl (C=O) groups is 4. The Hall–Kier alpha value is -2.12. The quantitative estimate of drug-likeness (QED) is 0.545. The minimum atomic E-state index is -0.762. The molecule has 2 saturated carbocycles. The minimum Gasteiger partial charge on any atom is -0.456 e. The van der Waals surface area contributed by atoms with Gasteiger partial charge in [-0.25, -0.2) is 4.79 Å². The summed E-state index contributed by atoms with van der Waals surface area (Å²) < 4.78 is 4.94. The zero-order chi connectivity index (χ0) is 17.9. The summed E-state index contributed by atoms with van der Waals surface area (Å²) >= 11 is 0. The van der Waals surface area contributed by atoms with Crippen molar-refractivity contribution in [3.8, 4) is 0 Å². The smallest absolute Gasteiger partial charge is 0.325 e. The average Bonchev–Trinajstić information content (AvgIpc) is 3.29. The topological polar surface area (TPSA) is 105 Å². The first kappa shape index (κ1) is 17.7. The zero-order valence-corrected chi connectivity index (χ0v) is 14.3. The molecule has 3 aliphatic rings. The molecule has 0 aromatic rings. The molecule has 3 rings (SSSR count). The lowest BCUT2D eigenvalue weighted by atomic mass is 9.98. The van der Waals surface area contributed by atoms with Gasteiger partial charge < -0.3 is 15.4 Å². The lowest BCUT2D eigenvalue weighted by Crippen LogP contribution is -2.44. The standard InChI is InChI=1S/C17H25N3O5/c21-13(18-12-5-1-2-6-12)11-25-14(22)7-10-20-15(23)17(19-16(20)24)8-3-4-9-17/h12H,1-11H2,(H,18,21)(H,19,24). The molecular weight excluding hydrogens is 326 g/mol. The van der Waals surface area contributed by atoms with E-state index >= 15 is 0 Å². The Morgan fingerprint density at radius 2 is 1.84 bits per heavy atom. The van der Waals surface area contributed by atoms with Crippen molar-refractivity contribution in [3.05, 3.63) is 0 Å². The van der Waals surface area contributed by atoms with E-state index in [4.69, 9.17) is 4.74 Å². The van der Waals surface area contributed by atoms with Gasteiger partial charge in [-0.3, -0.25) is 19.3 Å². The van der Waals surface area contributed by atoms with E-state index in [1.165, 1.54) is 0 Å². The molecule has 25 heavy (non-hydrogen) atoms. The predicted molar refractivity (Wildman–Crippen MR) is 87.4 cm³/mol. The number of hydrogen-bond donors (Lipinski definition) is 2. The number of imide groups is 1. The molecule has 2 aliphatic carbocycles. The van der Waals surface area contributed by atoms with E-state index in [2.05, 4.69) is 10.6 Å². The van der Waals surface area contributed by atoms with Crippen LogP contribution in [-0.2, 0) is 19.1 Å². The van der Waals surface area contributed by atoms with Crippen LogP contribution in [0.25, 0.3) is 0 Å². The molecule has 8 heteroatoms. The van der Waals surface area contributed by atoms with Crippen LogP contribution in [0.1, 0.15) is 57.8 Å². The Morgan fingerprint density at radius 1 is 1.16 bits per heavy atom. The summed E-state index contributed by atoms with van der Waals surface area (Å²) in [5.41, 5.74) is -0.762. The molecule has 0 aromatic carbocycles. The van der Waals surface area contributed by atoms with Gasteiger partial charge in [0.2, 0.25) is 0 Å². The Morgan fingerprint density at radius 3 is 2.52 bits per heavy atom. The van der Waals surface area contributed by atoms with Crippen LogP contribution in [0.5, 0.6) is 0 Å². The number of esters is 1. The third kappa shape index (κ3) is 3.93. The number of rotatable bonds is 6. The normalized spacial score (nSPS) is 22.5. The number of urea groups is 1. The van der Waals surface area contributed by atoms with E-state index in [0.29, 0.717) is 12.8 Å². The van der Waals surface area contributed by atoms with E-state index in [1.807, 2.05) is 0 Å². The van der Waals surface area contributed by atoms with Crippen molar-refractivity contribution < 1.29 is 23.9 Å². The molecule has 2 N–H and O–H groups in total. The summed E-state index contributed by atoms with van der Waals surface area (Å²) in [5, 5.41) is 5.60. The summed E-state index contributed by atoms with van der Waals surface area (Å²) in [5.74, 6) is -1.14. The maximum absolute atomic E-state index is 12.4. The van der Waals surface area contributed by atoms with E-state index in [9.17, 15) is 19.2 Å². The van der Waals surface area contributed by atoms with Crippen molar-refractivity contribution >= 4 is 23.8 Å². The maximum Gasteiger partial charge on any atom is 0.325 e. The van der Waals surface area contributed by atoms with Gasteiger partial charge in [0.15, 0.2) is 6.61 Å². The number of amides is 4. The van der Waals surface area contributed by atoms with E-state index in [1.54, 1.807) is 0 Å². The number of hydrogen-bond acceptors (Lipinski definition) is 5. The van der Waals surface area contributed by atoms with Gasteiger partial charge in [0.05, 0.1) is 6.42 Å². The highest BCUT2D eigenvalue weighted by molar-refractivity contribution is 6.07. The Kier molecular flexibility index (Phi) is 5.24. The molecule has 0 aromatic heterocycles. The Labute approximate surface area is 146 Å². The monoisotopic (exact) mass is 351 g/mol. The van der Waals surface area contributed by atoms with Gasteiger partial charge in [0, 0.05) is 12.6 Å². The average molecular weight is 351 g/mol. The van der Waals surface area contributed by atoms with Crippen LogP contribution in [0.3, 0.4) is 0 Å². The van der Waals surface area contributed by atoms with Gasteiger partial charge in [-0.15, -0.1) is 0 Å². The van der Waals surface area contributed by atoms with Crippen LogP contribution in [0.2, 0.25) is 0 Å². The molecule has 138 valence electrons. The first-order chi connectivity index (χ1) is 12.0. The van der Waals surface area contributed by atoms with Gasteiger partial charge in [-0.1, -0.05) is 25.7 Å². The highest BCUT2D eigenvalue weighted by Crippen LogP contribution is 2.35.